The molecule has 0 saturated carbocycles. The summed E-state index contributed by atoms with van der Waals surface area (Å²) in [5.41, 5.74) is -0.983. The number of amides is 1. The maximum atomic E-state index is 12.7. The number of alkyl halides is 3. The summed E-state index contributed by atoms with van der Waals surface area (Å²) < 4.78 is 38.2. The van der Waals surface area contributed by atoms with Crippen molar-refractivity contribution >= 4 is 24.0 Å². The molecular weight excluding hydrogens is 319 g/mol. The van der Waals surface area contributed by atoms with E-state index in [0.717, 1.165) is 38.2 Å². The van der Waals surface area contributed by atoms with Gasteiger partial charge in [-0.25, -0.2) is 0 Å². The molecule has 0 radical (unpaired) electrons. The molecule has 0 unspecified atom stereocenters. The number of rotatable bonds is 1. The van der Waals surface area contributed by atoms with Crippen LogP contribution < -0.4 is 10.2 Å². The fraction of sp³-hybridized carbons (Fsp3) is 0.571. The van der Waals surface area contributed by atoms with Crippen molar-refractivity contribution in [3.8, 4) is 0 Å². The molecule has 2 saturated heterocycles. The van der Waals surface area contributed by atoms with Crippen molar-refractivity contribution < 1.29 is 18.0 Å². The van der Waals surface area contributed by atoms with E-state index in [4.69, 9.17) is 0 Å². The van der Waals surface area contributed by atoms with E-state index in [9.17, 15) is 18.0 Å². The van der Waals surface area contributed by atoms with E-state index in [-0.39, 0.29) is 24.0 Å². The minimum Gasteiger partial charge on any atom is -0.317 e. The zero-order valence-corrected chi connectivity index (χ0v) is 12.6. The Morgan fingerprint density at radius 1 is 1.18 bits per heavy atom. The fourth-order valence-corrected chi connectivity index (χ4v) is 3.17. The van der Waals surface area contributed by atoms with E-state index < -0.39 is 17.2 Å². The molecule has 0 aromatic carbocycles. The number of nitrogens with one attached hydrogen (secondary N) is 1. The lowest BCUT2D eigenvalue weighted by atomic mass is 9.78. The number of hydrogen-bond donors (Lipinski definition) is 1. The van der Waals surface area contributed by atoms with Crippen LogP contribution in [-0.2, 0) is 11.0 Å². The van der Waals surface area contributed by atoms with Gasteiger partial charge in [-0.05, 0) is 38.4 Å². The van der Waals surface area contributed by atoms with Crippen LogP contribution >= 0.6 is 12.4 Å². The van der Waals surface area contributed by atoms with Crippen molar-refractivity contribution in [2.45, 2.75) is 25.4 Å². The highest BCUT2D eigenvalue weighted by Gasteiger charge is 2.47. The topological polar surface area (TPSA) is 45.2 Å². The minimum atomic E-state index is -4.45. The summed E-state index contributed by atoms with van der Waals surface area (Å²) in [5, 5.41) is 3.21. The van der Waals surface area contributed by atoms with Crippen LogP contribution in [0.15, 0.2) is 18.5 Å². The number of carbonyl (C=O) groups is 1. The molecule has 1 aromatic heterocycles. The van der Waals surface area contributed by atoms with Crippen molar-refractivity contribution in [1.29, 1.82) is 0 Å². The molecule has 2 aliphatic rings. The van der Waals surface area contributed by atoms with E-state index in [1.54, 1.807) is 0 Å². The molecule has 4 nitrogen and oxygen atoms in total. The lowest BCUT2D eigenvalue weighted by Gasteiger charge is -2.32. The maximum absolute atomic E-state index is 12.7. The highest BCUT2D eigenvalue weighted by atomic mass is 35.5. The van der Waals surface area contributed by atoms with Crippen LogP contribution in [-0.4, -0.2) is 30.5 Å². The van der Waals surface area contributed by atoms with Crippen LogP contribution in [0.3, 0.4) is 0 Å². The molecule has 122 valence electrons. The standard InChI is InChI=1S/C14H16F3N3O.ClH/c15-14(16,17)10-7-11(9-19-8-10)20-6-3-13(12(20)21)1-4-18-5-2-13;/h7-9,18H,1-6H2;1H. The monoisotopic (exact) mass is 335 g/mol. The largest absolute Gasteiger partial charge is 0.417 e. The van der Waals surface area contributed by atoms with Gasteiger partial charge in [0.2, 0.25) is 5.91 Å². The average Bonchev–Trinajstić information content (AvgIpc) is 2.76. The third kappa shape index (κ3) is 2.92. The van der Waals surface area contributed by atoms with Gasteiger partial charge in [-0.1, -0.05) is 0 Å². The predicted molar refractivity (Wildman–Crippen MR) is 78.0 cm³/mol. The molecule has 1 aromatic rings. The van der Waals surface area contributed by atoms with Crippen molar-refractivity contribution in [2.24, 2.45) is 5.41 Å². The summed E-state index contributed by atoms with van der Waals surface area (Å²) in [6.07, 6.45) is -0.150. The van der Waals surface area contributed by atoms with Gasteiger partial charge in [0, 0.05) is 12.7 Å². The Kier molecular flexibility index (Phi) is 4.67. The summed E-state index contributed by atoms with van der Waals surface area (Å²) in [5.74, 6) is -0.0647. The molecule has 0 aliphatic carbocycles. The molecule has 0 atom stereocenters. The quantitative estimate of drug-likeness (QED) is 0.858. The predicted octanol–water partition coefficient (Wildman–Crippen LogP) is 2.63. The second kappa shape index (κ2) is 6.04. The lowest BCUT2D eigenvalue weighted by Crippen LogP contribution is -2.42. The first-order valence-corrected chi connectivity index (χ1v) is 6.97. The summed E-state index contributed by atoms with van der Waals surface area (Å²) in [7, 11) is 0. The van der Waals surface area contributed by atoms with Crippen molar-refractivity contribution in [3.63, 3.8) is 0 Å². The average molecular weight is 336 g/mol. The van der Waals surface area contributed by atoms with Crippen molar-refractivity contribution in [1.82, 2.24) is 10.3 Å². The van der Waals surface area contributed by atoms with Gasteiger partial charge in [-0.2, -0.15) is 13.2 Å². The third-order valence-electron chi connectivity index (χ3n) is 4.44. The van der Waals surface area contributed by atoms with Gasteiger partial charge in [-0.3, -0.25) is 9.78 Å². The molecule has 1 amide bonds. The van der Waals surface area contributed by atoms with Gasteiger partial charge in [0.25, 0.3) is 0 Å². The van der Waals surface area contributed by atoms with Gasteiger partial charge in [0.15, 0.2) is 0 Å². The van der Waals surface area contributed by atoms with Crippen LogP contribution in [0.4, 0.5) is 18.9 Å². The van der Waals surface area contributed by atoms with Crippen LogP contribution in [0.2, 0.25) is 0 Å². The van der Waals surface area contributed by atoms with E-state index >= 15 is 0 Å². The molecule has 0 bridgehead atoms. The van der Waals surface area contributed by atoms with Gasteiger partial charge in [0.1, 0.15) is 0 Å². The molecule has 2 fully saturated rings. The molecule has 1 N–H and O–H groups in total. The summed E-state index contributed by atoms with van der Waals surface area (Å²) in [6.45, 7) is 2.02. The molecule has 3 rings (SSSR count). The highest BCUT2D eigenvalue weighted by Crippen LogP contribution is 2.42. The Bertz CT molecular complexity index is 559. The Hall–Kier alpha value is -1.34. The number of nitrogens with zero attached hydrogens (tertiary/aromatic N) is 2. The van der Waals surface area contributed by atoms with E-state index in [0.29, 0.717) is 13.0 Å². The normalized spacial score (nSPS) is 21.0. The SMILES string of the molecule is Cl.O=C1N(c2cncc(C(F)(F)F)c2)CCC12CCNCC2. The number of piperidine rings is 1. The zero-order valence-electron chi connectivity index (χ0n) is 11.8. The van der Waals surface area contributed by atoms with Crippen LogP contribution in [0.1, 0.15) is 24.8 Å². The molecular formula is C14H17ClF3N3O. The number of hydrogen-bond acceptors (Lipinski definition) is 3. The number of aromatic nitrogens is 1. The number of halogens is 4. The smallest absolute Gasteiger partial charge is 0.317 e. The maximum Gasteiger partial charge on any atom is 0.417 e. The molecule has 2 aliphatic heterocycles. The van der Waals surface area contributed by atoms with Crippen molar-refractivity contribution in [3.05, 3.63) is 24.0 Å². The first-order valence-electron chi connectivity index (χ1n) is 6.97. The number of anilines is 1. The summed E-state index contributed by atoms with van der Waals surface area (Å²) in [4.78, 5) is 17.7. The third-order valence-corrected chi connectivity index (χ3v) is 4.44. The van der Waals surface area contributed by atoms with Crippen molar-refractivity contribution in [2.75, 3.05) is 24.5 Å². The van der Waals surface area contributed by atoms with Crippen LogP contribution in [0.5, 0.6) is 0 Å². The second-order valence-electron chi connectivity index (χ2n) is 5.67. The van der Waals surface area contributed by atoms with Gasteiger partial charge >= 0.3 is 6.18 Å². The van der Waals surface area contributed by atoms with Gasteiger partial charge < -0.3 is 10.2 Å². The zero-order chi connectivity index (χ0) is 15.1. The van der Waals surface area contributed by atoms with Gasteiger partial charge in [0.05, 0.1) is 22.9 Å². The van der Waals surface area contributed by atoms with Crippen LogP contribution in [0, 0.1) is 5.41 Å². The first kappa shape index (κ1) is 17.0. The van der Waals surface area contributed by atoms with Crippen LogP contribution in [0.25, 0.3) is 0 Å². The Labute approximate surface area is 132 Å². The lowest BCUT2D eigenvalue weighted by molar-refractivity contribution is -0.138. The van der Waals surface area contributed by atoms with E-state index in [2.05, 4.69) is 10.3 Å². The molecule has 8 heteroatoms. The Morgan fingerprint density at radius 2 is 1.86 bits per heavy atom. The fourth-order valence-electron chi connectivity index (χ4n) is 3.17. The first-order chi connectivity index (χ1) is 9.92. The number of carbonyl (C=O) groups excluding carboxylic acids is 1. The summed E-state index contributed by atoms with van der Waals surface area (Å²) in [6, 6.07) is 1.00. The van der Waals surface area contributed by atoms with E-state index in [1.807, 2.05) is 0 Å². The summed E-state index contributed by atoms with van der Waals surface area (Å²) >= 11 is 0. The molecule has 1 spiro atoms. The molecule has 22 heavy (non-hydrogen) atoms. The van der Waals surface area contributed by atoms with E-state index in [1.165, 1.54) is 11.1 Å². The Balaban J connectivity index is 0.00000176. The highest BCUT2D eigenvalue weighted by molar-refractivity contribution is 5.99. The molecule has 3 heterocycles. The van der Waals surface area contributed by atoms with Gasteiger partial charge in [-0.15, -0.1) is 12.4 Å². The minimum absolute atomic E-state index is 0. The number of pyridine rings is 1. The Morgan fingerprint density at radius 3 is 2.50 bits per heavy atom. The second-order valence-corrected chi connectivity index (χ2v) is 5.67.